The monoisotopic (exact) mass is 391 g/mol. The number of hydrogen-bond donors (Lipinski definition) is 2. The van der Waals surface area contributed by atoms with Gasteiger partial charge in [-0.05, 0) is 32.9 Å². The van der Waals surface area contributed by atoms with E-state index in [0.717, 1.165) is 0 Å². The van der Waals surface area contributed by atoms with E-state index in [2.05, 4.69) is 10.6 Å². The van der Waals surface area contributed by atoms with E-state index in [-0.39, 0.29) is 24.9 Å². The minimum atomic E-state index is -1.16. The first-order valence-corrected chi connectivity index (χ1v) is 8.97. The zero-order chi connectivity index (χ0) is 20.8. The smallest absolute Gasteiger partial charge is 0.321 e. The second kappa shape index (κ2) is 9.20. The molecule has 152 valence electrons. The molecule has 1 aromatic rings. The summed E-state index contributed by atoms with van der Waals surface area (Å²) in [4.78, 5) is 49.7. The van der Waals surface area contributed by atoms with Crippen molar-refractivity contribution in [2.24, 2.45) is 5.92 Å². The van der Waals surface area contributed by atoms with E-state index in [1.54, 1.807) is 38.1 Å². The highest BCUT2D eigenvalue weighted by Gasteiger charge is 2.37. The van der Waals surface area contributed by atoms with Crippen LogP contribution in [0, 0.1) is 5.92 Å². The van der Waals surface area contributed by atoms with Gasteiger partial charge < -0.3 is 19.7 Å². The quantitative estimate of drug-likeness (QED) is 0.705. The maximum Gasteiger partial charge on any atom is 0.321 e. The molecule has 0 radical (unpaired) electrons. The van der Waals surface area contributed by atoms with Crippen LogP contribution < -0.4 is 20.3 Å². The first-order valence-electron chi connectivity index (χ1n) is 8.97. The Morgan fingerprint density at radius 3 is 2.57 bits per heavy atom. The van der Waals surface area contributed by atoms with Crippen LogP contribution in [-0.4, -0.2) is 49.6 Å². The normalized spacial score (nSPS) is 17.2. The summed E-state index contributed by atoms with van der Waals surface area (Å²) in [6.07, 6.45) is -1.18. The molecule has 0 spiro atoms. The maximum absolute atomic E-state index is 12.4. The van der Waals surface area contributed by atoms with Gasteiger partial charge in [0.15, 0.2) is 6.10 Å². The third-order valence-electron chi connectivity index (χ3n) is 4.14. The van der Waals surface area contributed by atoms with Crippen molar-refractivity contribution in [2.45, 2.75) is 39.3 Å². The van der Waals surface area contributed by atoms with Crippen molar-refractivity contribution in [3.63, 3.8) is 0 Å². The first-order chi connectivity index (χ1) is 13.2. The zero-order valence-electron chi connectivity index (χ0n) is 16.4. The standard InChI is InChI=1S/C19H25N3O6/c1-11(2)20-19(26)21-17(24)12(3)28-18(25)13-8-16(23)22(10-13)14-6-5-7-15(9-14)27-4/h5-7,9,11-13H,8,10H2,1-4H3,(H2,20,21,24,26). The van der Waals surface area contributed by atoms with E-state index in [1.807, 2.05) is 0 Å². The van der Waals surface area contributed by atoms with Crippen LogP contribution >= 0.6 is 0 Å². The number of nitrogens with one attached hydrogen (secondary N) is 2. The molecule has 2 unspecified atom stereocenters. The molecule has 2 atom stereocenters. The summed E-state index contributed by atoms with van der Waals surface area (Å²) in [5.74, 6) is -1.71. The molecule has 0 aliphatic carbocycles. The van der Waals surface area contributed by atoms with Crippen molar-refractivity contribution in [1.82, 2.24) is 10.6 Å². The summed E-state index contributed by atoms with van der Waals surface area (Å²) >= 11 is 0. The van der Waals surface area contributed by atoms with Crippen molar-refractivity contribution in [3.8, 4) is 5.75 Å². The summed E-state index contributed by atoms with van der Waals surface area (Å²) in [5.41, 5.74) is 0.621. The number of rotatable bonds is 6. The van der Waals surface area contributed by atoms with Gasteiger partial charge in [0, 0.05) is 30.8 Å². The third-order valence-corrected chi connectivity index (χ3v) is 4.14. The highest BCUT2D eigenvalue weighted by molar-refractivity contribution is 6.00. The number of amides is 4. The summed E-state index contributed by atoms with van der Waals surface area (Å²) in [7, 11) is 1.53. The van der Waals surface area contributed by atoms with Gasteiger partial charge in [-0.2, -0.15) is 0 Å². The van der Waals surface area contributed by atoms with Gasteiger partial charge in [-0.1, -0.05) is 6.07 Å². The molecular weight excluding hydrogens is 366 g/mol. The Kier molecular flexibility index (Phi) is 6.97. The van der Waals surface area contributed by atoms with Crippen LogP contribution in [0.5, 0.6) is 5.75 Å². The predicted octanol–water partition coefficient (Wildman–Crippen LogP) is 1.21. The van der Waals surface area contributed by atoms with E-state index < -0.39 is 29.9 Å². The van der Waals surface area contributed by atoms with E-state index in [0.29, 0.717) is 11.4 Å². The molecular formula is C19H25N3O6. The molecule has 0 bridgehead atoms. The molecule has 9 nitrogen and oxygen atoms in total. The average Bonchev–Trinajstić information content (AvgIpc) is 3.02. The van der Waals surface area contributed by atoms with Gasteiger partial charge in [0.1, 0.15) is 5.75 Å². The minimum absolute atomic E-state index is 0.0157. The number of methoxy groups -OCH3 is 1. The van der Waals surface area contributed by atoms with Crippen molar-refractivity contribution < 1.29 is 28.7 Å². The highest BCUT2D eigenvalue weighted by atomic mass is 16.5. The van der Waals surface area contributed by atoms with Crippen molar-refractivity contribution in [3.05, 3.63) is 24.3 Å². The van der Waals surface area contributed by atoms with E-state index in [4.69, 9.17) is 9.47 Å². The van der Waals surface area contributed by atoms with E-state index in [1.165, 1.54) is 18.9 Å². The number of carbonyl (C=O) groups is 4. The molecule has 1 aliphatic rings. The van der Waals surface area contributed by atoms with Gasteiger partial charge in [0.2, 0.25) is 5.91 Å². The van der Waals surface area contributed by atoms with Crippen LogP contribution in [0.3, 0.4) is 0 Å². The van der Waals surface area contributed by atoms with Gasteiger partial charge in [0.05, 0.1) is 13.0 Å². The fourth-order valence-electron chi connectivity index (χ4n) is 2.73. The second-order valence-electron chi connectivity index (χ2n) is 6.80. The molecule has 1 heterocycles. The highest BCUT2D eigenvalue weighted by Crippen LogP contribution is 2.28. The molecule has 0 aromatic heterocycles. The van der Waals surface area contributed by atoms with Crippen LogP contribution in [0.15, 0.2) is 24.3 Å². The minimum Gasteiger partial charge on any atom is -0.497 e. The van der Waals surface area contributed by atoms with E-state index >= 15 is 0 Å². The van der Waals surface area contributed by atoms with Crippen LogP contribution in [0.4, 0.5) is 10.5 Å². The van der Waals surface area contributed by atoms with Gasteiger partial charge in [-0.3, -0.25) is 19.7 Å². The number of carbonyl (C=O) groups excluding carboxylic acids is 4. The Balaban J connectivity index is 1.93. The molecule has 4 amide bonds. The van der Waals surface area contributed by atoms with Crippen molar-refractivity contribution in [2.75, 3.05) is 18.6 Å². The largest absolute Gasteiger partial charge is 0.497 e. The number of esters is 1. The number of urea groups is 1. The summed E-state index contributed by atoms with van der Waals surface area (Å²) in [6, 6.07) is 6.15. The second-order valence-corrected chi connectivity index (χ2v) is 6.80. The molecule has 1 saturated heterocycles. The van der Waals surface area contributed by atoms with Crippen LogP contribution in [0.25, 0.3) is 0 Å². The topological polar surface area (TPSA) is 114 Å². The lowest BCUT2D eigenvalue weighted by atomic mass is 10.1. The summed E-state index contributed by atoms with van der Waals surface area (Å²) in [6.45, 7) is 5.01. The molecule has 1 aromatic carbocycles. The molecule has 9 heteroatoms. The molecule has 2 rings (SSSR count). The molecule has 2 N–H and O–H groups in total. The van der Waals surface area contributed by atoms with Gasteiger partial charge in [-0.15, -0.1) is 0 Å². The number of benzene rings is 1. The Morgan fingerprint density at radius 2 is 1.93 bits per heavy atom. The summed E-state index contributed by atoms with van der Waals surface area (Å²) in [5, 5.41) is 4.61. The van der Waals surface area contributed by atoms with Crippen molar-refractivity contribution in [1.29, 1.82) is 0 Å². The molecule has 0 saturated carbocycles. The van der Waals surface area contributed by atoms with Crippen molar-refractivity contribution >= 4 is 29.5 Å². The van der Waals surface area contributed by atoms with Gasteiger partial charge in [0.25, 0.3) is 5.91 Å². The Morgan fingerprint density at radius 1 is 1.21 bits per heavy atom. The van der Waals surface area contributed by atoms with Crippen LogP contribution in [0.2, 0.25) is 0 Å². The van der Waals surface area contributed by atoms with Crippen LogP contribution in [-0.2, 0) is 19.1 Å². The maximum atomic E-state index is 12.4. The Hall–Kier alpha value is -3.10. The number of anilines is 1. The zero-order valence-corrected chi connectivity index (χ0v) is 16.4. The lowest BCUT2D eigenvalue weighted by molar-refractivity contribution is -0.158. The molecule has 1 aliphatic heterocycles. The van der Waals surface area contributed by atoms with E-state index in [9.17, 15) is 19.2 Å². The lowest BCUT2D eigenvalue weighted by Gasteiger charge is -2.18. The SMILES string of the molecule is COc1cccc(N2CC(C(=O)OC(C)C(=O)NC(=O)NC(C)C)CC2=O)c1. The fraction of sp³-hybridized carbons (Fsp3) is 0.474. The average molecular weight is 391 g/mol. The number of nitrogens with zero attached hydrogens (tertiary/aromatic N) is 1. The summed E-state index contributed by atoms with van der Waals surface area (Å²) < 4.78 is 10.3. The number of ether oxygens (including phenoxy) is 2. The van der Waals surface area contributed by atoms with Gasteiger partial charge >= 0.3 is 12.0 Å². The molecule has 28 heavy (non-hydrogen) atoms. The van der Waals surface area contributed by atoms with Crippen LogP contribution in [0.1, 0.15) is 27.2 Å². The Labute approximate surface area is 163 Å². The number of imide groups is 1. The Bertz CT molecular complexity index is 764. The lowest BCUT2D eigenvalue weighted by Crippen LogP contribution is -2.47. The van der Waals surface area contributed by atoms with Gasteiger partial charge in [-0.25, -0.2) is 4.79 Å². The fourth-order valence-corrected chi connectivity index (χ4v) is 2.73. The predicted molar refractivity (Wildman–Crippen MR) is 101 cm³/mol. The number of hydrogen-bond acceptors (Lipinski definition) is 6. The first kappa shape index (κ1) is 21.2. The third kappa shape index (κ3) is 5.45. The molecule has 1 fully saturated rings.